The van der Waals surface area contributed by atoms with Gasteiger partial charge in [-0.2, -0.15) is 0 Å². The molecular formula is C27H30N2O5S. The van der Waals surface area contributed by atoms with E-state index in [0.717, 1.165) is 26.6 Å². The molecular weight excluding hydrogens is 464 g/mol. The number of sulfonamides is 1. The van der Waals surface area contributed by atoms with E-state index in [1.165, 1.54) is 38.2 Å². The Morgan fingerprint density at radius 2 is 1.49 bits per heavy atom. The summed E-state index contributed by atoms with van der Waals surface area (Å²) in [5.41, 5.74) is 5.11. The van der Waals surface area contributed by atoms with E-state index in [9.17, 15) is 18.0 Å². The Balaban J connectivity index is 1.75. The van der Waals surface area contributed by atoms with E-state index in [4.69, 9.17) is 4.74 Å². The number of hydrogen-bond acceptors (Lipinski definition) is 5. The molecule has 1 atom stereocenters. The highest BCUT2D eigenvalue weighted by molar-refractivity contribution is 7.92. The van der Waals surface area contributed by atoms with Gasteiger partial charge in [0.2, 0.25) is 0 Å². The molecule has 3 rings (SSSR count). The summed E-state index contributed by atoms with van der Waals surface area (Å²) in [6.07, 6.45) is -1.09. The zero-order chi connectivity index (χ0) is 25.9. The summed E-state index contributed by atoms with van der Waals surface area (Å²) in [6, 6.07) is 16.6. The third kappa shape index (κ3) is 5.89. The van der Waals surface area contributed by atoms with Crippen molar-refractivity contribution in [1.82, 2.24) is 0 Å². The van der Waals surface area contributed by atoms with E-state index in [1.807, 2.05) is 52.0 Å². The SMILES string of the molecule is Cc1ccc(N(C)S(=O)(=O)c2cccc(C(=O)O[C@@H](C)C(=O)Nc3c(C)cc(C)cc3C)c2)cc1. The number of rotatable bonds is 7. The molecule has 0 saturated carbocycles. The number of carbonyl (C=O) groups is 2. The fourth-order valence-electron chi connectivity index (χ4n) is 3.72. The minimum atomic E-state index is -3.91. The molecule has 0 aliphatic heterocycles. The van der Waals surface area contributed by atoms with Crippen molar-refractivity contribution < 1.29 is 22.7 Å². The van der Waals surface area contributed by atoms with Gasteiger partial charge in [-0.15, -0.1) is 0 Å². The van der Waals surface area contributed by atoms with E-state index < -0.39 is 28.0 Å². The van der Waals surface area contributed by atoms with Gasteiger partial charge in [0.25, 0.3) is 15.9 Å². The maximum absolute atomic E-state index is 13.1. The van der Waals surface area contributed by atoms with Crippen LogP contribution in [-0.4, -0.2) is 33.4 Å². The van der Waals surface area contributed by atoms with Gasteiger partial charge in [0.05, 0.1) is 16.1 Å². The van der Waals surface area contributed by atoms with Crippen LogP contribution in [0.1, 0.15) is 39.5 Å². The van der Waals surface area contributed by atoms with Crippen LogP contribution in [-0.2, 0) is 19.6 Å². The van der Waals surface area contributed by atoms with Gasteiger partial charge in [0.1, 0.15) is 0 Å². The topological polar surface area (TPSA) is 92.8 Å². The van der Waals surface area contributed by atoms with Crippen LogP contribution < -0.4 is 9.62 Å². The first kappa shape index (κ1) is 26.0. The first-order chi connectivity index (χ1) is 16.4. The first-order valence-electron chi connectivity index (χ1n) is 11.2. The van der Waals surface area contributed by atoms with Crippen molar-refractivity contribution in [2.75, 3.05) is 16.7 Å². The Bertz CT molecular complexity index is 1340. The molecule has 0 bridgehead atoms. The smallest absolute Gasteiger partial charge is 0.338 e. The van der Waals surface area contributed by atoms with Crippen LogP contribution in [0.25, 0.3) is 0 Å². The minimum absolute atomic E-state index is 0.0331. The average molecular weight is 495 g/mol. The molecule has 7 nitrogen and oxygen atoms in total. The molecule has 1 amide bonds. The lowest BCUT2D eigenvalue weighted by molar-refractivity contribution is -0.123. The fourth-order valence-corrected chi connectivity index (χ4v) is 4.96. The number of esters is 1. The highest BCUT2D eigenvalue weighted by atomic mass is 32.2. The molecule has 3 aromatic rings. The molecule has 0 fully saturated rings. The molecule has 0 aromatic heterocycles. The predicted molar refractivity (Wildman–Crippen MR) is 137 cm³/mol. The fraction of sp³-hybridized carbons (Fsp3) is 0.259. The Labute approximate surface area is 206 Å². The van der Waals surface area contributed by atoms with E-state index in [1.54, 1.807) is 12.1 Å². The van der Waals surface area contributed by atoms with Crippen molar-refractivity contribution in [1.29, 1.82) is 0 Å². The molecule has 0 unspecified atom stereocenters. The van der Waals surface area contributed by atoms with Crippen molar-refractivity contribution in [3.8, 4) is 0 Å². The summed E-state index contributed by atoms with van der Waals surface area (Å²) in [6.45, 7) is 9.15. The lowest BCUT2D eigenvalue weighted by Crippen LogP contribution is -2.30. The van der Waals surface area contributed by atoms with Crippen LogP contribution in [0, 0.1) is 27.7 Å². The second kappa shape index (κ2) is 10.3. The van der Waals surface area contributed by atoms with Crippen LogP contribution in [0.15, 0.2) is 65.6 Å². The zero-order valence-electron chi connectivity index (χ0n) is 20.7. The van der Waals surface area contributed by atoms with Gasteiger partial charge in [-0.1, -0.05) is 41.5 Å². The highest BCUT2D eigenvalue weighted by Crippen LogP contribution is 2.24. The molecule has 0 spiro atoms. The number of carbonyl (C=O) groups excluding carboxylic acids is 2. The summed E-state index contributed by atoms with van der Waals surface area (Å²) in [7, 11) is -2.46. The number of hydrogen-bond donors (Lipinski definition) is 1. The van der Waals surface area contributed by atoms with Gasteiger partial charge >= 0.3 is 5.97 Å². The average Bonchev–Trinajstić information content (AvgIpc) is 2.81. The monoisotopic (exact) mass is 494 g/mol. The summed E-state index contributed by atoms with van der Waals surface area (Å²) in [5, 5.41) is 2.82. The molecule has 0 heterocycles. The molecule has 8 heteroatoms. The van der Waals surface area contributed by atoms with Crippen LogP contribution >= 0.6 is 0 Å². The Morgan fingerprint density at radius 1 is 0.886 bits per heavy atom. The number of amides is 1. The van der Waals surface area contributed by atoms with Crippen LogP contribution in [0.4, 0.5) is 11.4 Å². The van der Waals surface area contributed by atoms with Crippen molar-refractivity contribution in [3.05, 3.63) is 88.5 Å². The third-order valence-corrected chi connectivity index (χ3v) is 7.49. The Kier molecular flexibility index (Phi) is 7.65. The van der Waals surface area contributed by atoms with Crippen LogP contribution in [0.3, 0.4) is 0 Å². The predicted octanol–water partition coefficient (Wildman–Crippen LogP) is 4.93. The van der Waals surface area contributed by atoms with Crippen molar-refractivity contribution in [2.24, 2.45) is 0 Å². The molecule has 0 radical (unpaired) electrons. The van der Waals surface area contributed by atoms with Gasteiger partial charge in [-0.25, -0.2) is 13.2 Å². The van der Waals surface area contributed by atoms with Gasteiger partial charge in [-0.3, -0.25) is 9.10 Å². The van der Waals surface area contributed by atoms with Crippen LogP contribution in [0.5, 0.6) is 0 Å². The van der Waals surface area contributed by atoms with Crippen molar-refractivity contribution in [3.63, 3.8) is 0 Å². The summed E-state index contributed by atoms with van der Waals surface area (Å²) in [5.74, 6) is -1.27. The quantitative estimate of drug-likeness (QED) is 0.470. The Morgan fingerprint density at radius 3 is 2.09 bits per heavy atom. The number of nitrogens with zero attached hydrogens (tertiary/aromatic N) is 1. The molecule has 35 heavy (non-hydrogen) atoms. The Hall–Kier alpha value is -3.65. The molecule has 3 aromatic carbocycles. The van der Waals surface area contributed by atoms with Gasteiger partial charge < -0.3 is 10.1 Å². The lowest BCUT2D eigenvalue weighted by Gasteiger charge is -2.20. The largest absolute Gasteiger partial charge is 0.449 e. The van der Waals surface area contributed by atoms with E-state index in [2.05, 4.69) is 5.32 Å². The number of ether oxygens (including phenoxy) is 1. The number of benzene rings is 3. The second-order valence-electron chi connectivity index (χ2n) is 8.65. The summed E-state index contributed by atoms with van der Waals surface area (Å²) >= 11 is 0. The maximum atomic E-state index is 13.1. The molecule has 0 aliphatic rings. The number of nitrogens with one attached hydrogen (secondary N) is 1. The minimum Gasteiger partial charge on any atom is -0.449 e. The molecule has 0 aliphatic carbocycles. The molecule has 0 saturated heterocycles. The molecule has 1 N–H and O–H groups in total. The van der Waals surface area contributed by atoms with E-state index in [-0.39, 0.29) is 10.5 Å². The summed E-state index contributed by atoms with van der Waals surface area (Å²) in [4.78, 5) is 25.4. The van der Waals surface area contributed by atoms with Gasteiger partial charge in [0, 0.05) is 12.7 Å². The summed E-state index contributed by atoms with van der Waals surface area (Å²) < 4.78 is 32.7. The van der Waals surface area contributed by atoms with Crippen molar-refractivity contribution in [2.45, 2.75) is 45.6 Å². The number of anilines is 2. The standard InChI is InChI=1S/C27H30N2O5S/c1-17-10-12-23(13-11-17)29(6)35(32,33)24-9-7-8-22(16-24)27(31)34-21(5)26(30)28-25-19(3)14-18(2)15-20(25)4/h7-16,21H,1-6H3,(H,28,30)/t21-/m0/s1. The van der Waals surface area contributed by atoms with Gasteiger partial charge in [0.15, 0.2) is 6.10 Å². The lowest BCUT2D eigenvalue weighted by atomic mass is 10.0. The molecule has 184 valence electrons. The van der Waals surface area contributed by atoms with Gasteiger partial charge in [-0.05, 0) is 76.1 Å². The zero-order valence-corrected chi connectivity index (χ0v) is 21.6. The number of aryl methyl sites for hydroxylation is 4. The first-order valence-corrected chi connectivity index (χ1v) is 12.6. The maximum Gasteiger partial charge on any atom is 0.338 e. The van der Waals surface area contributed by atoms with E-state index >= 15 is 0 Å². The highest BCUT2D eigenvalue weighted by Gasteiger charge is 2.24. The van der Waals surface area contributed by atoms with E-state index in [0.29, 0.717) is 11.4 Å². The normalized spacial score (nSPS) is 12.1. The third-order valence-electron chi connectivity index (χ3n) is 5.70. The second-order valence-corrected chi connectivity index (χ2v) is 10.6. The van der Waals surface area contributed by atoms with Crippen LogP contribution in [0.2, 0.25) is 0 Å². The van der Waals surface area contributed by atoms with Crippen molar-refractivity contribution >= 4 is 33.3 Å².